The maximum absolute atomic E-state index is 14.5. The van der Waals surface area contributed by atoms with Gasteiger partial charge in [0.05, 0.1) is 12.7 Å². The highest BCUT2D eigenvalue weighted by Gasteiger charge is 2.47. The molecule has 1 atom stereocenters. The lowest BCUT2D eigenvalue weighted by Crippen LogP contribution is -2.40. The number of carbonyl (C=O) groups is 1. The third-order valence-electron chi connectivity index (χ3n) is 6.57. The summed E-state index contributed by atoms with van der Waals surface area (Å²) in [5.41, 5.74) is 4.42. The first-order valence-electron chi connectivity index (χ1n) is 9.82. The molecule has 1 saturated heterocycles. The highest BCUT2D eigenvalue weighted by atomic mass is 19.1. The minimum atomic E-state index is -0.515. The van der Waals surface area contributed by atoms with E-state index in [9.17, 15) is 9.18 Å². The van der Waals surface area contributed by atoms with E-state index >= 15 is 0 Å². The smallest absolute Gasteiger partial charge is 0.195 e. The summed E-state index contributed by atoms with van der Waals surface area (Å²) in [6, 6.07) is 9.24. The Balaban J connectivity index is 1.65. The van der Waals surface area contributed by atoms with Crippen molar-refractivity contribution >= 4 is 22.9 Å². The zero-order valence-electron chi connectivity index (χ0n) is 15.9. The van der Waals surface area contributed by atoms with Gasteiger partial charge in [0.25, 0.3) is 0 Å². The number of aromatic nitrogens is 1. The Hall–Kier alpha value is -2.99. The normalized spacial score (nSPS) is 21.3. The van der Waals surface area contributed by atoms with Gasteiger partial charge in [-0.15, -0.1) is 0 Å². The number of ketones is 1. The van der Waals surface area contributed by atoms with Gasteiger partial charge >= 0.3 is 0 Å². The summed E-state index contributed by atoms with van der Waals surface area (Å²) in [4.78, 5) is 21.3. The Kier molecular flexibility index (Phi) is 3.36. The zero-order valence-corrected chi connectivity index (χ0v) is 15.9. The highest BCUT2D eigenvalue weighted by molar-refractivity contribution is 6.20. The van der Waals surface area contributed by atoms with Gasteiger partial charge < -0.3 is 14.5 Å². The molecule has 0 saturated carbocycles. The number of aliphatic imine (C=N–C) groups is 1. The quantitative estimate of drug-likeness (QED) is 0.717. The van der Waals surface area contributed by atoms with Crippen molar-refractivity contribution in [1.82, 2.24) is 4.98 Å². The van der Waals surface area contributed by atoms with Crippen LogP contribution >= 0.6 is 0 Å². The average molecular weight is 390 g/mol. The predicted molar refractivity (Wildman–Crippen MR) is 107 cm³/mol. The molecular formula is C23H19FN2O3. The molecule has 0 amide bonds. The van der Waals surface area contributed by atoms with Crippen molar-refractivity contribution in [2.75, 3.05) is 20.3 Å². The van der Waals surface area contributed by atoms with Crippen LogP contribution in [-0.2, 0) is 10.2 Å². The first-order chi connectivity index (χ1) is 14.1. The molecule has 0 bridgehead atoms. The number of H-pyrrole nitrogens is 1. The van der Waals surface area contributed by atoms with E-state index in [2.05, 4.69) is 16.0 Å². The standard InChI is InChI=1S/C23H19FN2O3/c1-28-19-10-15-14(9-16(19)24)21(27)20-13-3-2-12(18-11-25-18)8-17(13)26-22(20)23(15)4-6-29-7-5-23/h2-3,8-11,18,26H,4-7H2,1H3. The summed E-state index contributed by atoms with van der Waals surface area (Å²) < 4.78 is 25.4. The number of benzene rings is 2. The first kappa shape index (κ1) is 16.9. The molecule has 3 aromatic rings. The summed E-state index contributed by atoms with van der Waals surface area (Å²) in [5.74, 6) is -0.497. The summed E-state index contributed by atoms with van der Waals surface area (Å²) >= 11 is 0. The van der Waals surface area contributed by atoms with Crippen molar-refractivity contribution < 1.29 is 18.7 Å². The fraction of sp³-hybridized carbons (Fsp3) is 0.304. The fourth-order valence-electron chi connectivity index (χ4n) is 5.01. The van der Waals surface area contributed by atoms with Gasteiger partial charge in [0.1, 0.15) is 6.04 Å². The number of ether oxygens (including phenoxy) is 2. The lowest BCUT2D eigenvalue weighted by atomic mass is 9.64. The van der Waals surface area contributed by atoms with Crippen molar-refractivity contribution in [3.05, 3.63) is 64.1 Å². The van der Waals surface area contributed by atoms with E-state index < -0.39 is 11.2 Å². The molecule has 1 unspecified atom stereocenters. The van der Waals surface area contributed by atoms with E-state index in [1.165, 1.54) is 13.2 Å². The number of halogens is 1. The van der Waals surface area contributed by atoms with Crippen molar-refractivity contribution in [2.45, 2.75) is 24.3 Å². The van der Waals surface area contributed by atoms with Crippen molar-refractivity contribution in [3.8, 4) is 5.75 Å². The number of rotatable bonds is 2. The number of nitrogens with zero attached hydrogens (tertiary/aromatic N) is 1. The Morgan fingerprint density at radius 1 is 1.24 bits per heavy atom. The van der Waals surface area contributed by atoms with Crippen molar-refractivity contribution in [1.29, 1.82) is 0 Å². The van der Waals surface area contributed by atoms with Crippen LogP contribution in [0.5, 0.6) is 5.75 Å². The maximum atomic E-state index is 14.5. The average Bonchev–Trinajstić information content (AvgIpc) is 3.52. The second kappa shape index (κ2) is 5.76. The fourth-order valence-corrected chi connectivity index (χ4v) is 5.01. The third kappa shape index (κ3) is 2.23. The first-order valence-corrected chi connectivity index (χ1v) is 9.82. The SMILES string of the molecule is COc1cc2c(cc1F)C(=O)c1c([nH]c3cc(C4C=N4)ccc13)C21CCOCC1. The minimum Gasteiger partial charge on any atom is -0.494 e. The number of carbonyl (C=O) groups excluding carboxylic acids is 1. The molecule has 29 heavy (non-hydrogen) atoms. The summed E-state index contributed by atoms with van der Waals surface area (Å²) in [6.07, 6.45) is 3.35. The molecule has 2 aromatic carbocycles. The lowest BCUT2D eigenvalue weighted by Gasteiger charge is -2.41. The Bertz CT molecular complexity index is 1210. The van der Waals surface area contributed by atoms with Crippen LogP contribution < -0.4 is 4.74 Å². The van der Waals surface area contributed by atoms with E-state index in [1.54, 1.807) is 6.07 Å². The largest absolute Gasteiger partial charge is 0.494 e. The van der Waals surface area contributed by atoms with Crippen LogP contribution in [0.2, 0.25) is 0 Å². The van der Waals surface area contributed by atoms with Crippen LogP contribution in [0.25, 0.3) is 10.9 Å². The van der Waals surface area contributed by atoms with E-state index in [4.69, 9.17) is 9.47 Å². The maximum Gasteiger partial charge on any atom is 0.195 e. The molecule has 6 heteroatoms. The van der Waals surface area contributed by atoms with Crippen molar-refractivity contribution in [3.63, 3.8) is 0 Å². The molecule has 2 aliphatic heterocycles. The van der Waals surface area contributed by atoms with Gasteiger partial charge in [-0.1, -0.05) is 12.1 Å². The van der Waals surface area contributed by atoms with E-state index in [0.717, 1.165) is 40.6 Å². The molecular weight excluding hydrogens is 371 g/mol. The van der Waals surface area contributed by atoms with Crippen LogP contribution in [0.15, 0.2) is 35.3 Å². The number of methoxy groups -OCH3 is 1. The number of fused-ring (bicyclic) bond motifs is 6. The third-order valence-corrected chi connectivity index (χ3v) is 6.57. The molecule has 1 N–H and O–H groups in total. The lowest BCUT2D eigenvalue weighted by molar-refractivity contribution is 0.0600. The molecule has 1 aliphatic carbocycles. The van der Waals surface area contributed by atoms with Gasteiger partial charge in [-0.2, -0.15) is 0 Å². The van der Waals surface area contributed by atoms with Crippen LogP contribution in [-0.4, -0.2) is 37.3 Å². The molecule has 146 valence electrons. The second-order valence-electron chi connectivity index (χ2n) is 7.98. The topological polar surface area (TPSA) is 63.7 Å². The van der Waals surface area contributed by atoms with Crippen LogP contribution in [0.1, 0.15) is 51.6 Å². The van der Waals surface area contributed by atoms with Gasteiger partial charge in [0, 0.05) is 47.0 Å². The van der Waals surface area contributed by atoms with Gasteiger partial charge in [0.15, 0.2) is 17.3 Å². The number of hydrogen-bond acceptors (Lipinski definition) is 4. The highest BCUT2D eigenvalue weighted by Crippen LogP contribution is 2.50. The van der Waals surface area contributed by atoms with E-state index in [0.29, 0.717) is 24.3 Å². The molecule has 0 radical (unpaired) electrons. The second-order valence-corrected chi connectivity index (χ2v) is 7.98. The van der Waals surface area contributed by atoms with Crippen LogP contribution in [0.4, 0.5) is 4.39 Å². The molecule has 3 aliphatic rings. The Morgan fingerprint density at radius 3 is 2.76 bits per heavy atom. The molecule has 6 rings (SSSR count). The van der Waals surface area contributed by atoms with Crippen LogP contribution in [0.3, 0.4) is 0 Å². The zero-order chi connectivity index (χ0) is 19.8. The van der Waals surface area contributed by atoms with Gasteiger partial charge in [-0.3, -0.25) is 9.79 Å². The minimum absolute atomic E-state index is 0.142. The summed E-state index contributed by atoms with van der Waals surface area (Å²) in [7, 11) is 1.45. The number of nitrogens with one attached hydrogen (secondary N) is 1. The molecule has 1 aromatic heterocycles. The molecule has 5 nitrogen and oxygen atoms in total. The van der Waals surface area contributed by atoms with Crippen LogP contribution in [0, 0.1) is 5.82 Å². The Morgan fingerprint density at radius 2 is 2.03 bits per heavy atom. The van der Waals surface area contributed by atoms with E-state index in [1.807, 2.05) is 18.3 Å². The number of aromatic amines is 1. The van der Waals surface area contributed by atoms with Gasteiger partial charge in [-0.05, 0) is 42.2 Å². The van der Waals surface area contributed by atoms with Crippen molar-refractivity contribution in [2.24, 2.45) is 4.99 Å². The van der Waals surface area contributed by atoms with Gasteiger partial charge in [-0.25, -0.2) is 4.39 Å². The summed E-state index contributed by atoms with van der Waals surface area (Å²) in [6.45, 7) is 1.17. The molecule has 1 spiro atoms. The van der Waals surface area contributed by atoms with Gasteiger partial charge in [0.2, 0.25) is 0 Å². The van der Waals surface area contributed by atoms with E-state index in [-0.39, 0.29) is 17.6 Å². The predicted octanol–water partition coefficient (Wildman–Crippen LogP) is 4.08. The molecule has 1 fully saturated rings. The Labute approximate surface area is 166 Å². The summed E-state index contributed by atoms with van der Waals surface area (Å²) in [5, 5.41) is 0.877. The molecule has 3 heterocycles. The number of hydrogen-bond donors (Lipinski definition) is 1. The monoisotopic (exact) mass is 390 g/mol.